The number of nitrogens with zero attached hydrogens (tertiary/aromatic N) is 3. The molecule has 3 aromatic rings. The molecule has 26 heavy (non-hydrogen) atoms. The summed E-state index contributed by atoms with van der Waals surface area (Å²) in [4.78, 5) is 18.6. The van der Waals surface area contributed by atoms with Gasteiger partial charge in [-0.1, -0.05) is 23.4 Å². The van der Waals surface area contributed by atoms with Crippen LogP contribution in [-0.2, 0) is 13.1 Å². The van der Waals surface area contributed by atoms with Crippen molar-refractivity contribution in [1.29, 1.82) is 0 Å². The molecule has 2 aromatic heterocycles. The fourth-order valence-corrected chi connectivity index (χ4v) is 2.68. The van der Waals surface area contributed by atoms with E-state index in [1.807, 2.05) is 30.3 Å². The minimum absolute atomic E-state index is 0.243. The summed E-state index contributed by atoms with van der Waals surface area (Å²) >= 11 is 0. The van der Waals surface area contributed by atoms with Gasteiger partial charge in [-0.3, -0.25) is 9.78 Å². The summed E-state index contributed by atoms with van der Waals surface area (Å²) in [5.74, 6) is 0.965. The van der Waals surface area contributed by atoms with Gasteiger partial charge in [0, 0.05) is 30.6 Å². The molecule has 0 fully saturated rings. The van der Waals surface area contributed by atoms with Crippen LogP contribution in [0.2, 0.25) is 0 Å². The van der Waals surface area contributed by atoms with Gasteiger partial charge >= 0.3 is 0 Å². The maximum absolute atomic E-state index is 12.9. The monoisotopic (exact) mass is 353 g/mol. The van der Waals surface area contributed by atoms with Crippen LogP contribution in [0.25, 0.3) is 0 Å². The summed E-state index contributed by atoms with van der Waals surface area (Å²) in [6.07, 6.45) is 4.80. The van der Waals surface area contributed by atoms with Crippen LogP contribution < -0.4 is 9.47 Å². The number of carbonyl (C=O) groups excluding carboxylic acids is 1. The van der Waals surface area contributed by atoms with Crippen LogP contribution in [0.15, 0.2) is 59.6 Å². The zero-order valence-corrected chi connectivity index (χ0v) is 14.6. The van der Waals surface area contributed by atoms with E-state index in [9.17, 15) is 4.79 Å². The number of ether oxygens (including phenoxy) is 2. The number of amides is 1. The van der Waals surface area contributed by atoms with Crippen molar-refractivity contribution in [3.8, 4) is 11.5 Å². The third-order valence-electron chi connectivity index (χ3n) is 3.89. The molecule has 1 amide bonds. The van der Waals surface area contributed by atoms with Gasteiger partial charge in [0.25, 0.3) is 5.91 Å². The molecule has 0 bridgehead atoms. The van der Waals surface area contributed by atoms with E-state index in [1.54, 1.807) is 37.6 Å². The highest BCUT2D eigenvalue weighted by molar-refractivity contribution is 5.92. The number of pyridine rings is 1. The molecule has 0 aliphatic carbocycles. The molecule has 0 atom stereocenters. The Balaban J connectivity index is 1.92. The number of methoxy groups -OCH3 is 2. The van der Waals surface area contributed by atoms with Crippen molar-refractivity contribution in [3.63, 3.8) is 0 Å². The molecule has 1 aromatic carbocycles. The summed E-state index contributed by atoms with van der Waals surface area (Å²) in [6.45, 7) is 0.695. The number of rotatable bonds is 7. The molecule has 0 aliphatic rings. The molecule has 0 radical (unpaired) electrons. The topological polar surface area (TPSA) is 77.7 Å². The summed E-state index contributed by atoms with van der Waals surface area (Å²) in [5, 5.41) is 3.76. The third-order valence-corrected chi connectivity index (χ3v) is 3.89. The van der Waals surface area contributed by atoms with E-state index in [1.165, 1.54) is 6.26 Å². The van der Waals surface area contributed by atoms with Gasteiger partial charge in [0.15, 0.2) is 17.2 Å². The van der Waals surface area contributed by atoms with Gasteiger partial charge in [0.05, 0.1) is 20.8 Å². The maximum Gasteiger partial charge on any atom is 0.276 e. The first-order valence-corrected chi connectivity index (χ1v) is 8.01. The van der Waals surface area contributed by atoms with Crippen LogP contribution in [0.5, 0.6) is 11.5 Å². The predicted molar refractivity (Wildman–Crippen MR) is 93.9 cm³/mol. The number of benzene rings is 1. The lowest BCUT2D eigenvalue weighted by atomic mass is 10.1. The normalized spacial score (nSPS) is 10.4. The fourth-order valence-electron chi connectivity index (χ4n) is 2.68. The second-order valence-electron chi connectivity index (χ2n) is 5.56. The largest absolute Gasteiger partial charge is 0.493 e. The summed E-state index contributed by atoms with van der Waals surface area (Å²) < 4.78 is 15.6. The van der Waals surface area contributed by atoms with Gasteiger partial charge < -0.3 is 18.9 Å². The highest BCUT2D eigenvalue weighted by Gasteiger charge is 2.21. The summed E-state index contributed by atoms with van der Waals surface area (Å²) in [5.41, 5.74) is 1.98. The van der Waals surface area contributed by atoms with E-state index >= 15 is 0 Å². The van der Waals surface area contributed by atoms with Gasteiger partial charge in [0.2, 0.25) is 0 Å². The fraction of sp³-hybridized carbons (Fsp3) is 0.211. The van der Waals surface area contributed by atoms with Crippen molar-refractivity contribution in [2.75, 3.05) is 14.2 Å². The average Bonchev–Trinajstić information content (AvgIpc) is 3.22. The van der Waals surface area contributed by atoms with Crippen LogP contribution in [0.3, 0.4) is 0 Å². The number of hydrogen-bond donors (Lipinski definition) is 0. The molecule has 2 heterocycles. The standard InChI is InChI=1S/C19H19N3O4/c1-24-17-7-3-6-15(18(17)25-2)13-22(12-14-5-4-9-20-11-14)19(23)16-8-10-26-21-16/h3-11H,12-13H2,1-2H3. The van der Waals surface area contributed by atoms with Crippen molar-refractivity contribution in [3.05, 3.63) is 71.9 Å². The molecule has 7 nitrogen and oxygen atoms in total. The van der Waals surface area contributed by atoms with Crippen molar-refractivity contribution in [2.24, 2.45) is 0 Å². The number of hydrogen-bond acceptors (Lipinski definition) is 6. The van der Waals surface area contributed by atoms with Crippen LogP contribution in [0, 0.1) is 0 Å². The second-order valence-corrected chi connectivity index (χ2v) is 5.56. The first kappa shape index (κ1) is 17.5. The maximum atomic E-state index is 12.9. The zero-order valence-electron chi connectivity index (χ0n) is 14.6. The van der Waals surface area contributed by atoms with Gasteiger partial charge in [-0.15, -0.1) is 0 Å². The Morgan fingerprint density at radius 3 is 2.65 bits per heavy atom. The number of aromatic nitrogens is 2. The molecule has 7 heteroatoms. The Morgan fingerprint density at radius 1 is 1.12 bits per heavy atom. The van der Waals surface area contributed by atoms with Gasteiger partial charge in [-0.2, -0.15) is 0 Å². The SMILES string of the molecule is COc1cccc(CN(Cc2cccnc2)C(=O)c2ccon2)c1OC. The first-order valence-electron chi connectivity index (χ1n) is 8.01. The van der Waals surface area contributed by atoms with Gasteiger partial charge in [-0.25, -0.2) is 0 Å². The van der Waals surface area contributed by atoms with E-state index in [0.717, 1.165) is 11.1 Å². The highest BCUT2D eigenvalue weighted by atomic mass is 16.5. The average molecular weight is 353 g/mol. The predicted octanol–water partition coefficient (Wildman–Crippen LogP) is 2.93. The quantitative estimate of drug-likeness (QED) is 0.650. The third kappa shape index (κ3) is 3.83. The Kier molecular flexibility index (Phi) is 5.48. The van der Waals surface area contributed by atoms with Gasteiger partial charge in [-0.05, 0) is 17.7 Å². The van der Waals surface area contributed by atoms with Crippen molar-refractivity contribution < 1.29 is 18.8 Å². The molecular weight excluding hydrogens is 334 g/mol. The summed E-state index contributed by atoms with van der Waals surface area (Å²) in [6, 6.07) is 10.9. The molecule has 134 valence electrons. The van der Waals surface area contributed by atoms with Crippen LogP contribution in [0.1, 0.15) is 21.6 Å². The molecule has 0 saturated heterocycles. The molecule has 0 aliphatic heterocycles. The summed E-state index contributed by atoms with van der Waals surface area (Å²) in [7, 11) is 3.15. The molecular formula is C19H19N3O4. The lowest BCUT2D eigenvalue weighted by molar-refractivity contribution is 0.0718. The van der Waals surface area contributed by atoms with Crippen molar-refractivity contribution >= 4 is 5.91 Å². The first-order chi connectivity index (χ1) is 12.7. The van der Waals surface area contributed by atoms with Crippen LogP contribution >= 0.6 is 0 Å². The smallest absolute Gasteiger partial charge is 0.276 e. The van der Waals surface area contributed by atoms with Gasteiger partial charge in [0.1, 0.15) is 6.26 Å². The lowest BCUT2D eigenvalue weighted by Crippen LogP contribution is -2.30. The Labute approximate surface area is 151 Å². The van der Waals surface area contributed by atoms with Crippen molar-refractivity contribution in [1.82, 2.24) is 15.0 Å². The molecule has 0 spiro atoms. The van der Waals surface area contributed by atoms with E-state index < -0.39 is 0 Å². The Bertz CT molecular complexity index is 850. The lowest BCUT2D eigenvalue weighted by Gasteiger charge is -2.23. The molecule has 3 rings (SSSR count). The zero-order chi connectivity index (χ0) is 18.4. The minimum Gasteiger partial charge on any atom is -0.493 e. The highest BCUT2D eigenvalue weighted by Crippen LogP contribution is 2.32. The van der Waals surface area contributed by atoms with E-state index in [0.29, 0.717) is 24.6 Å². The van der Waals surface area contributed by atoms with Crippen LogP contribution in [0.4, 0.5) is 0 Å². The molecule has 0 unspecified atom stereocenters. The van der Waals surface area contributed by atoms with Crippen LogP contribution in [-0.4, -0.2) is 35.2 Å². The van der Waals surface area contributed by atoms with E-state index in [-0.39, 0.29) is 11.6 Å². The molecule has 0 saturated carbocycles. The van der Waals surface area contributed by atoms with Crippen molar-refractivity contribution in [2.45, 2.75) is 13.1 Å². The second kappa shape index (κ2) is 8.15. The van der Waals surface area contributed by atoms with E-state index in [2.05, 4.69) is 10.1 Å². The number of carbonyl (C=O) groups is 1. The minimum atomic E-state index is -0.243. The Hall–Kier alpha value is -3.35. The number of para-hydroxylation sites is 1. The Morgan fingerprint density at radius 2 is 2.00 bits per heavy atom. The molecule has 0 N–H and O–H groups in total. The van der Waals surface area contributed by atoms with E-state index in [4.69, 9.17) is 14.0 Å².